The molecular formula is C21H30N2O6. The van der Waals surface area contributed by atoms with E-state index >= 15 is 0 Å². The van der Waals surface area contributed by atoms with Gasteiger partial charge in [0.05, 0.1) is 24.6 Å². The third kappa shape index (κ3) is 5.47. The molecule has 1 aromatic carbocycles. The minimum absolute atomic E-state index is 0.169. The van der Waals surface area contributed by atoms with Crippen molar-refractivity contribution in [1.29, 1.82) is 0 Å². The molecule has 1 aromatic rings. The average molecular weight is 406 g/mol. The lowest BCUT2D eigenvalue weighted by molar-refractivity contribution is -0.709. The minimum atomic E-state index is -1.48. The van der Waals surface area contributed by atoms with Gasteiger partial charge in [-0.15, -0.1) is 0 Å². The topological polar surface area (TPSA) is 143 Å². The molecule has 3 rings (SSSR count). The number of nitrogens with two attached hydrogens (primary N) is 1. The number of quaternary nitrogens is 1. The zero-order valence-corrected chi connectivity index (χ0v) is 17.1. The number of amides is 1. The molecule has 2 bridgehead atoms. The van der Waals surface area contributed by atoms with Crippen LogP contribution in [0.25, 0.3) is 0 Å². The first-order valence-electron chi connectivity index (χ1n) is 9.90. The molecule has 0 aromatic heterocycles. The fourth-order valence-electron chi connectivity index (χ4n) is 4.46. The number of aliphatic carboxylic acids is 2. The van der Waals surface area contributed by atoms with E-state index in [0.717, 1.165) is 19.3 Å². The van der Waals surface area contributed by atoms with Crippen molar-refractivity contribution >= 4 is 17.8 Å². The molecule has 0 radical (unpaired) electrons. The number of carbonyl (C=O) groups excluding carboxylic acids is 2. The number of carboxylic acid groups (broad SMARTS) is 2. The lowest BCUT2D eigenvalue weighted by atomic mass is 9.59. The summed E-state index contributed by atoms with van der Waals surface area (Å²) in [4.78, 5) is 30.9. The fourth-order valence-corrected chi connectivity index (χ4v) is 4.46. The molecule has 29 heavy (non-hydrogen) atoms. The smallest absolute Gasteiger partial charge is 0.303 e. The van der Waals surface area contributed by atoms with Crippen molar-refractivity contribution in [2.24, 2.45) is 5.92 Å². The van der Waals surface area contributed by atoms with Crippen LogP contribution in [0.15, 0.2) is 18.2 Å². The van der Waals surface area contributed by atoms with Crippen LogP contribution in [0.5, 0.6) is 5.75 Å². The van der Waals surface area contributed by atoms with Crippen LogP contribution in [0, 0.1) is 5.92 Å². The molecule has 8 heteroatoms. The van der Waals surface area contributed by atoms with Crippen molar-refractivity contribution in [3.8, 4) is 5.75 Å². The van der Waals surface area contributed by atoms with Gasteiger partial charge in [0.2, 0.25) is 5.91 Å². The molecule has 1 aliphatic carbocycles. The Bertz CT molecular complexity index is 780. The van der Waals surface area contributed by atoms with E-state index in [1.165, 1.54) is 24.1 Å². The molecule has 160 valence electrons. The number of nitrogens with one attached hydrogen (secondary N) is 1. The maximum atomic E-state index is 10.5. The quantitative estimate of drug-likeness (QED) is 0.508. The van der Waals surface area contributed by atoms with E-state index in [1.54, 1.807) is 0 Å². The van der Waals surface area contributed by atoms with Gasteiger partial charge in [0.25, 0.3) is 0 Å². The zero-order valence-electron chi connectivity index (χ0n) is 17.1. The van der Waals surface area contributed by atoms with E-state index < -0.39 is 23.9 Å². The number of phenolic OH excluding ortho intramolecular Hbond substituents is 1. The number of hydrogen-bond acceptors (Lipinski definition) is 5. The summed E-state index contributed by atoms with van der Waals surface area (Å²) in [6, 6.07) is 5.42. The highest BCUT2D eigenvalue weighted by molar-refractivity contribution is 5.81. The van der Waals surface area contributed by atoms with Gasteiger partial charge in [-0.2, -0.15) is 0 Å². The number of carboxylic acids is 2. The van der Waals surface area contributed by atoms with E-state index in [4.69, 9.17) is 5.11 Å². The monoisotopic (exact) mass is 406 g/mol. The first-order chi connectivity index (χ1) is 13.5. The molecule has 5 N–H and O–H groups in total. The predicted octanol–water partition coefficient (Wildman–Crippen LogP) is -0.716. The molecule has 0 spiro atoms. The summed E-state index contributed by atoms with van der Waals surface area (Å²) in [7, 11) is 0. The molecule has 0 unspecified atom stereocenters. The van der Waals surface area contributed by atoms with Crippen molar-refractivity contribution in [2.75, 3.05) is 6.54 Å². The number of benzene rings is 1. The number of aromatic hydroxyl groups is 1. The van der Waals surface area contributed by atoms with Gasteiger partial charge in [-0.25, -0.2) is 0 Å². The largest absolute Gasteiger partial charge is 0.548 e. The van der Waals surface area contributed by atoms with Crippen molar-refractivity contribution in [2.45, 2.75) is 64.0 Å². The average Bonchev–Trinajstić information content (AvgIpc) is 2.61. The number of fused-ring (bicyclic) bond motifs is 4. The molecule has 8 nitrogen and oxygen atoms in total. The summed E-state index contributed by atoms with van der Waals surface area (Å²) >= 11 is 0. The van der Waals surface area contributed by atoms with Crippen LogP contribution in [0.2, 0.25) is 0 Å². The minimum Gasteiger partial charge on any atom is -0.548 e. The van der Waals surface area contributed by atoms with E-state index in [2.05, 4.69) is 30.5 Å². The second-order valence-corrected chi connectivity index (χ2v) is 8.19. The Balaban J connectivity index is 0.000000213. The van der Waals surface area contributed by atoms with Gasteiger partial charge in [0.1, 0.15) is 5.75 Å². The Morgan fingerprint density at radius 3 is 2.66 bits per heavy atom. The lowest BCUT2D eigenvalue weighted by Gasteiger charge is -2.48. The second-order valence-electron chi connectivity index (χ2n) is 8.19. The first-order valence-corrected chi connectivity index (χ1v) is 9.90. The molecule has 4 atom stereocenters. The molecule has 1 saturated heterocycles. The van der Waals surface area contributed by atoms with Gasteiger partial charge in [0, 0.05) is 37.5 Å². The predicted molar refractivity (Wildman–Crippen MR) is 103 cm³/mol. The second kappa shape index (κ2) is 9.26. The van der Waals surface area contributed by atoms with Crippen LogP contribution in [0.3, 0.4) is 0 Å². The summed E-state index contributed by atoms with van der Waals surface area (Å²) in [5.74, 6) is -1.97. The van der Waals surface area contributed by atoms with Crippen LogP contribution in [0.4, 0.5) is 0 Å². The maximum Gasteiger partial charge on any atom is 0.303 e. The third-order valence-electron chi connectivity index (χ3n) is 6.25. The summed E-state index contributed by atoms with van der Waals surface area (Å²) in [6.07, 6.45) is 1.87. The van der Waals surface area contributed by atoms with Gasteiger partial charge >= 0.3 is 5.97 Å². The summed E-state index contributed by atoms with van der Waals surface area (Å²) in [6.45, 7) is 7.17. The summed E-state index contributed by atoms with van der Waals surface area (Å²) in [5.41, 5.74) is 3.16. The van der Waals surface area contributed by atoms with E-state index in [0.29, 0.717) is 17.2 Å². The van der Waals surface area contributed by atoms with Gasteiger partial charge in [-0.05, 0) is 29.7 Å². The van der Waals surface area contributed by atoms with Crippen molar-refractivity contribution in [3.05, 3.63) is 29.3 Å². The summed E-state index contributed by atoms with van der Waals surface area (Å²) in [5, 5.41) is 32.7. The highest BCUT2D eigenvalue weighted by atomic mass is 16.4. The Morgan fingerprint density at radius 1 is 1.38 bits per heavy atom. The Labute approximate surface area is 170 Å². The Kier molecular flexibility index (Phi) is 7.24. The van der Waals surface area contributed by atoms with Crippen molar-refractivity contribution in [1.82, 2.24) is 5.32 Å². The number of piperidine rings is 1. The van der Waals surface area contributed by atoms with E-state index in [1.807, 2.05) is 12.1 Å². The van der Waals surface area contributed by atoms with Crippen LogP contribution in [0.1, 0.15) is 51.2 Å². The van der Waals surface area contributed by atoms with E-state index in [-0.39, 0.29) is 12.8 Å². The number of rotatable bonds is 5. The maximum absolute atomic E-state index is 10.5. The van der Waals surface area contributed by atoms with Crippen LogP contribution < -0.4 is 15.7 Å². The normalized spacial score (nSPS) is 25.6. The number of carbonyl (C=O) groups is 3. The highest BCUT2D eigenvalue weighted by Crippen LogP contribution is 2.44. The van der Waals surface area contributed by atoms with Gasteiger partial charge in [-0.1, -0.05) is 19.9 Å². The van der Waals surface area contributed by atoms with Gasteiger partial charge < -0.3 is 30.7 Å². The van der Waals surface area contributed by atoms with Crippen molar-refractivity contribution in [3.63, 3.8) is 0 Å². The van der Waals surface area contributed by atoms with E-state index in [9.17, 15) is 24.6 Å². The zero-order chi connectivity index (χ0) is 21.8. The summed E-state index contributed by atoms with van der Waals surface area (Å²) < 4.78 is 0. The first kappa shape index (κ1) is 22.7. The number of hydrogen-bond donors (Lipinski definition) is 4. The fraction of sp³-hybridized carbons (Fsp3) is 0.571. The van der Waals surface area contributed by atoms with Gasteiger partial charge in [0.15, 0.2) is 0 Å². The SMILES string of the molecule is CC(=O)N[C@@H](CCC(=O)O)C(=O)[O-].C[C@H]1[C@H]2Cc3cc(O)ccc3[C@]1(C)CC[NH2+]2. The molecular weight excluding hydrogens is 376 g/mol. The Hall–Kier alpha value is -2.61. The molecule has 1 fully saturated rings. The van der Waals surface area contributed by atoms with Crippen molar-refractivity contribution < 1.29 is 35.0 Å². The molecule has 1 heterocycles. The molecule has 0 saturated carbocycles. The number of phenols is 1. The third-order valence-corrected chi connectivity index (χ3v) is 6.25. The van der Waals surface area contributed by atoms with Crippen LogP contribution in [-0.4, -0.2) is 46.7 Å². The molecule has 1 amide bonds. The lowest BCUT2D eigenvalue weighted by Crippen LogP contribution is -2.96. The Morgan fingerprint density at radius 2 is 2.07 bits per heavy atom. The molecule has 2 aliphatic rings. The molecule has 1 aliphatic heterocycles. The standard InChI is InChI=1S/C14H19NO.C7H11NO5/c1-9-13-8-10-7-11(16)3-4-12(10)14(9,2)5-6-15-13;1-4(9)8-5(7(12)13)2-3-6(10)11/h3-4,7,9,13,15-16H,5-6,8H2,1-2H3;5H,2-3H2,1H3,(H,8,9)(H,10,11)(H,12,13)/t9-,13+,14+;5-/m00/s1. The van der Waals surface area contributed by atoms with Gasteiger partial charge in [-0.3, -0.25) is 9.59 Å². The highest BCUT2D eigenvalue weighted by Gasteiger charge is 2.47. The van der Waals surface area contributed by atoms with Crippen LogP contribution >= 0.6 is 0 Å². The van der Waals surface area contributed by atoms with Crippen LogP contribution in [-0.2, 0) is 26.2 Å².